The van der Waals surface area contributed by atoms with Crippen molar-refractivity contribution < 1.29 is 9.15 Å². The molecular weight excluding hydrogens is 232 g/mol. The van der Waals surface area contributed by atoms with Crippen molar-refractivity contribution in [2.45, 2.75) is 0 Å². The number of fused-ring (bicyclic) bond motifs is 1. The van der Waals surface area contributed by atoms with Crippen molar-refractivity contribution in [2.24, 2.45) is 0 Å². The van der Waals surface area contributed by atoms with E-state index in [0.717, 1.165) is 21.2 Å². The van der Waals surface area contributed by atoms with Crippen LogP contribution in [0.3, 0.4) is 0 Å². The maximum atomic E-state index is 5.40. The Hall–Kier alpha value is -0.960. The summed E-state index contributed by atoms with van der Waals surface area (Å²) in [5.74, 6) is 1.37. The molecule has 0 bridgehead atoms. The smallest absolute Gasteiger partial charge is 0.177 e. The number of ether oxygens (including phenoxy) is 1. The van der Waals surface area contributed by atoms with E-state index in [1.807, 2.05) is 18.2 Å². The van der Waals surface area contributed by atoms with Crippen LogP contribution in [0.1, 0.15) is 5.76 Å². The summed E-state index contributed by atoms with van der Waals surface area (Å²) in [6.45, 7) is 3.73. The van der Waals surface area contributed by atoms with Crippen LogP contribution in [0.2, 0.25) is 0 Å². The fourth-order valence-electron chi connectivity index (χ4n) is 1.28. The normalized spacial score (nSPS) is 10.7. The molecule has 13 heavy (non-hydrogen) atoms. The molecule has 0 saturated carbocycles. The zero-order valence-electron chi connectivity index (χ0n) is 7.13. The number of halogens is 1. The highest BCUT2D eigenvalue weighted by Crippen LogP contribution is 2.33. The van der Waals surface area contributed by atoms with Crippen LogP contribution in [-0.4, -0.2) is 7.11 Å². The number of methoxy groups -OCH3 is 1. The zero-order chi connectivity index (χ0) is 9.42. The number of hydrogen-bond donors (Lipinski definition) is 0. The van der Waals surface area contributed by atoms with Gasteiger partial charge in [-0.25, -0.2) is 0 Å². The summed E-state index contributed by atoms with van der Waals surface area (Å²) in [6.07, 6.45) is 0. The van der Waals surface area contributed by atoms with Gasteiger partial charge in [0.05, 0.1) is 7.11 Å². The quantitative estimate of drug-likeness (QED) is 0.762. The molecule has 0 saturated heterocycles. The summed E-state index contributed by atoms with van der Waals surface area (Å²) in [5, 5.41) is 0.990. The number of benzene rings is 1. The van der Waals surface area contributed by atoms with E-state index in [2.05, 4.69) is 22.9 Å². The van der Waals surface area contributed by atoms with E-state index in [9.17, 15) is 0 Å². The molecule has 0 aliphatic carbocycles. The Kier molecular flexibility index (Phi) is 2.04. The van der Waals surface area contributed by atoms with Crippen LogP contribution < -0.4 is 4.74 Å². The van der Waals surface area contributed by atoms with Crippen molar-refractivity contribution in [2.75, 3.05) is 7.11 Å². The first-order valence-corrected chi connectivity index (χ1v) is 4.59. The molecular formula is C10H8BrO2. The minimum Gasteiger partial charge on any atom is -0.493 e. The highest BCUT2D eigenvalue weighted by molar-refractivity contribution is 9.10. The Balaban J connectivity index is 2.83. The first-order chi connectivity index (χ1) is 6.22. The molecule has 0 unspecified atom stereocenters. The van der Waals surface area contributed by atoms with Gasteiger partial charge in [-0.3, -0.25) is 0 Å². The average molecular weight is 240 g/mol. The van der Waals surface area contributed by atoms with Crippen molar-refractivity contribution in [3.63, 3.8) is 0 Å². The molecule has 2 nitrogen and oxygen atoms in total. The van der Waals surface area contributed by atoms with Gasteiger partial charge in [-0.1, -0.05) is 15.9 Å². The van der Waals surface area contributed by atoms with Crippen LogP contribution in [0.15, 0.2) is 27.1 Å². The lowest BCUT2D eigenvalue weighted by molar-refractivity contribution is 0.409. The monoisotopic (exact) mass is 239 g/mol. The van der Waals surface area contributed by atoms with Gasteiger partial charge in [-0.15, -0.1) is 0 Å². The second-order valence-corrected chi connectivity index (χ2v) is 3.56. The largest absolute Gasteiger partial charge is 0.493 e. The molecule has 1 aromatic heterocycles. The molecule has 0 atom stereocenters. The maximum absolute atomic E-state index is 5.40. The minimum atomic E-state index is 0.639. The van der Waals surface area contributed by atoms with Gasteiger partial charge in [0.2, 0.25) is 0 Å². The predicted molar refractivity (Wildman–Crippen MR) is 54.9 cm³/mol. The standard InChI is InChI=1S/C10H8BrO2/c1-6-5-7-8(11)3-4-9(12-2)10(7)13-6/h3-5H,1H2,2H3. The minimum absolute atomic E-state index is 0.639. The van der Waals surface area contributed by atoms with Crippen molar-refractivity contribution >= 4 is 26.9 Å². The lowest BCUT2D eigenvalue weighted by Crippen LogP contribution is -1.82. The SMILES string of the molecule is [CH2]c1cc2c(Br)ccc(OC)c2o1. The highest BCUT2D eigenvalue weighted by atomic mass is 79.9. The van der Waals surface area contributed by atoms with Crippen LogP contribution in [0.5, 0.6) is 5.75 Å². The Bertz CT molecular complexity index is 445. The molecule has 3 heteroatoms. The second-order valence-electron chi connectivity index (χ2n) is 2.71. The van der Waals surface area contributed by atoms with E-state index in [1.165, 1.54) is 0 Å². The highest BCUT2D eigenvalue weighted by Gasteiger charge is 2.09. The molecule has 1 heterocycles. The van der Waals surface area contributed by atoms with Gasteiger partial charge in [0.25, 0.3) is 0 Å². The fourth-order valence-corrected chi connectivity index (χ4v) is 1.70. The number of furan rings is 1. The Morgan fingerprint density at radius 1 is 1.46 bits per heavy atom. The molecule has 1 aromatic carbocycles. The van der Waals surface area contributed by atoms with Gasteiger partial charge in [0, 0.05) is 16.8 Å². The third kappa shape index (κ3) is 1.33. The number of hydrogen-bond acceptors (Lipinski definition) is 2. The van der Waals surface area contributed by atoms with Crippen molar-refractivity contribution in [3.05, 3.63) is 35.4 Å². The Labute approximate surface area is 84.6 Å². The molecule has 0 amide bonds. The molecule has 0 spiro atoms. The summed E-state index contributed by atoms with van der Waals surface area (Å²) in [5.41, 5.74) is 0.738. The summed E-state index contributed by atoms with van der Waals surface area (Å²) >= 11 is 3.43. The van der Waals surface area contributed by atoms with Crippen LogP contribution in [-0.2, 0) is 0 Å². The van der Waals surface area contributed by atoms with Crippen LogP contribution in [0, 0.1) is 6.92 Å². The van der Waals surface area contributed by atoms with E-state index >= 15 is 0 Å². The fraction of sp³-hybridized carbons (Fsp3) is 0.100. The van der Waals surface area contributed by atoms with Gasteiger partial charge in [0.1, 0.15) is 5.76 Å². The average Bonchev–Trinajstić information content (AvgIpc) is 2.48. The second kappa shape index (κ2) is 3.07. The summed E-state index contributed by atoms with van der Waals surface area (Å²) in [6, 6.07) is 5.66. The van der Waals surface area contributed by atoms with Crippen molar-refractivity contribution in [1.29, 1.82) is 0 Å². The van der Waals surface area contributed by atoms with Gasteiger partial charge in [-0.2, -0.15) is 0 Å². The maximum Gasteiger partial charge on any atom is 0.177 e. The molecule has 67 valence electrons. The van der Waals surface area contributed by atoms with Crippen molar-refractivity contribution in [3.8, 4) is 5.75 Å². The van der Waals surface area contributed by atoms with E-state index in [0.29, 0.717) is 5.76 Å². The molecule has 1 radical (unpaired) electrons. The van der Waals surface area contributed by atoms with E-state index < -0.39 is 0 Å². The molecule has 2 rings (SSSR count). The molecule has 2 aromatic rings. The lowest BCUT2D eigenvalue weighted by atomic mass is 10.2. The lowest BCUT2D eigenvalue weighted by Gasteiger charge is -2.00. The Morgan fingerprint density at radius 3 is 2.92 bits per heavy atom. The third-order valence-corrected chi connectivity index (χ3v) is 2.56. The summed E-state index contributed by atoms with van der Waals surface area (Å²) in [4.78, 5) is 0. The van der Waals surface area contributed by atoms with Gasteiger partial charge >= 0.3 is 0 Å². The van der Waals surface area contributed by atoms with Crippen LogP contribution in [0.25, 0.3) is 11.0 Å². The summed E-state index contributed by atoms with van der Waals surface area (Å²) < 4.78 is 11.5. The van der Waals surface area contributed by atoms with Crippen molar-refractivity contribution in [1.82, 2.24) is 0 Å². The first-order valence-electron chi connectivity index (χ1n) is 3.80. The van der Waals surface area contributed by atoms with Gasteiger partial charge in [0.15, 0.2) is 11.3 Å². The topological polar surface area (TPSA) is 22.4 Å². The molecule has 0 fully saturated rings. The summed E-state index contributed by atoms with van der Waals surface area (Å²) in [7, 11) is 1.62. The third-order valence-electron chi connectivity index (χ3n) is 1.87. The number of rotatable bonds is 1. The predicted octanol–water partition coefficient (Wildman–Crippen LogP) is 3.39. The first kappa shape index (κ1) is 8.63. The van der Waals surface area contributed by atoms with E-state index in [-0.39, 0.29) is 0 Å². The molecule has 0 aliphatic heterocycles. The zero-order valence-corrected chi connectivity index (χ0v) is 8.72. The van der Waals surface area contributed by atoms with Crippen LogP contribution in [0.4, 0.5) is 0 Å². The van der Waals surface area contributed by atoms with Gasteiger partial charge < -0.3 is 9.15 Å². The van der Waals surface area contributed by atoms with Gasteiger partial charge in [-0.05, 0) is 18.2 Å². The Morgan fingerprint density at radius 2 is 2.23 bits per heavy atom. The molecule has 0 N–H and O–H groups in total. The molecule has 0 aliphatic rings. The van der Waals surface area contributed by atoms with Crippen LogP contribution >= 0.6 is 15.9 Å². The van der Waals surface area contributed by atoms with E-state index in [1.54, 1.807) is 7.11 Å². The van der Waals surface area contributed by atoms with E-state index in [4.69, 9.17) is 9.15 Å².